The summed E-state index contributed by atoms with van der Waals surface area (Å²) in [5.41, 5.74) is 8.04. The van der Waals surface area contributed by atoms with Crippen LogP contribution >= 0.6 is 0 Å². The molecule has 0 saturated heterocycles. The molecule has 0 amide bonds. The second-order valence-electron chi connectivity index (χ2n) is 3.57. The molecule has 2 aromatic heterocycles. The van der Waals surface area contributed by atoms with Gasteiger partial charge in [0.2, 0.25) is 0 Å². The van der Waals surface area contributed by atoms with Crippen LogP contribution in [0.5, 0.6) is 0 Å². The van der Waals surface area contributed by atoms with Crippen LogP contribution in [0.15, 0.2) is 40.9 Å². The normalized spacial score (nSPS) is 10.5. The fourth-order valence-electron chi connectivity index (χ4n) is 1.70. The Labute approximate surface area is 96.7 Å². The summed E-state index contributed by atoms with van der Waals surface area (Å²) in [6.45, 7) is 0. The van der Waals surface area contributed by atoms with Gasteiger partial charge in [-0.15, -0.1) is 0 Å². The van der Waals surface area contributed by atoms with Crippen LogP contribution in [0.3, 0.4) is 0 Å². The molecule has 0 aliphatic carbocycles. The quantitative estimate of drug-likeness (QED) is 0.641. The van der Waals surface area contributed by atoms with Crippen molar-refractivity contribution in [3.05, 3.63) is 42.2 Å². The maximum Gasteiger partial charge on any atom is 0.307 e. The molecule has 2 heterocycles. The predicted molar refractivity (Wildman–Crippen MR) is 62.5 cm³/mol. The van der Waals surface area contributed by atoms with Crippen molar-refractivity contribution in [3.63, 3.8) is 0 Å². The Hall–Kier alpha value is -2.74. The van der Waals surface area contributed by atoms with Gasteiger partial charge in [0.25, 0.3) is 0 Å². The molecule has 0 fully saturated rings. The summed E-state index contributed by atoms with van der Waals surface area (Å²) >= 11 is 0. The number of fused-ring (bicyclic) bond motifs is 1. The van der Waals surface area contributed by atoms with Crippen molar-refractivity contribution in [1.29, 1.82) is 5.26 Å². The molecule has 0 saturated carbocycles. The van der Waals surface area contributed by atoms with Crippen LogP contribution in [0, 0.1) is 11.3 Å². The molecule has 82 valence electrons. The second-order valence-corrected chi connectivity index (χ2v) is 3.57. The van der Waals surface area contributed by atoms with Crippen molar-refractivity contribution in [2.45, 2.75) is 0 Å². The summed E-state index contributed by atoms with van der Waals surface area (Å²) in [6.07, 6.45) is 1.72. The van der Waals surface area contributed by atoms with E-state index in [4.69, 9.17) is 15.4 Å². The van der Waals surface area contributed by atoms with Gasteiger partial charge in [-0.3, -0.25) is 4.57 Å². The van der Waals surface area contributed by atoms with Gasteiger partial charge in [0.15, 0.2) is 5.58 Å². The Morgan fingerprint density at radius 2 is 2.18 bits per heavy atom. The first-order valence-electron chi connectivity index (χ1n) is 5.02. The highest BCUT2D eigenvalue weighted by atomic mass is 16.4. The summed E-state index contributed by atoms with van der Waals surface area (Å²) in [6, 6.07) is 11.2. The predicted octanol–water partition coefficient (Wildman–Crippen LogP) is 2.07. The summed E-state index contributed by atoms with van der Waals surface area (Å²) in [4.78, 5) is 4.28. The second kappa shape index (κ2) is 3.39. The Morgan fingerprint density at radius 1 is 1.29 bits per heavy atom. The fraction of sp³-hybridized carbons (Fsp3) is 0. The van der Waals surface area contributed by atoms with E-state index in [0.717, 1.165) is 0 Å². The minimum atomic E-state index is 0.347. The first-order chi connectivity index (χ1) is 8.29. The standard InChI is InChI=1S/C12H8N4O/c13-7-8-3-2-6-16(8)12-15-11-9(14)4-1-5-10(11)17-12/h1-6H,14H2. The van der Waals surface area contributed by atoms with Gasteiger partial charge < -0.3 is 10.2 Å². The topological polar surface area (TPSA) is 80.8 Å². The smallest absolute Gasteiger partial charge is 0.307 e. The Balaban J connectivity index is 2.26. The molecule has 0 aliphatic heterocycles. The lowest BCUT2D eigenvalue weighted by Crippen LogP contribution is -1.95. The highest BCUT2D eigenvalue weighted by Gasteiger charge is 2.11. The number of nitrogen functional groups attached to an aromatic ring is 1. The van der Waals surface area contributed by atoms with Gasteiger partial charge in [-0.25, -0.2) is 0 Å². The van der Waals surface area contributed by atoms with Crippen LogP contribution in [0.25, 0.3) is 17.1 Å². The maximum atomic E-state index is 8.93. The molecule has 0 bridgehead atoms. The zero-order valence-electron chi connectivity index (χ0n) is 8.79. The molecule has 0 unspecified atom stereocenters. The first-order valence-corrected chi connectivity index (χ1v) is 5.02. The van der Waals surface area contributed by atoms with Crippen molar-refractivity contribution in [3.8, 4) is 12.1 Å². The summed E-state index contributed by atoms with van der Waals surface area (Å²) in [5, 5.41) is 8.93. The molecule has 3 rings (SSSR count). The largest absolute Gasteiger partial charge is 0.423 e. The van der Waals surface area contributed by atoms with Crippen molar-refractivity contribution in [2.24, 2.45) is 0 Å². The Morgan fingerprint density at radius 3 is 2.94 bits per heavy atom. The number of nitrogens with two attached hydrogens (primary N) is 1. The average molecular weight is 224 g/mol. The number of aromatic nitrogens is 2. The van der Waals surface area contributed by atoms with Crippen LogP contribution in [0.2, 0.25) is 0 Å². The van der Waals surface area contributed by atoms with Crippen molar-refractivity contribution in [2.75, 3.05) is 5.73 Å². The lowest BCUT2D eigenvalue weighted by atomic mass is 10.3. The molecule has 0 atom stereocenters. The average Bonchev–Trinajstić information content (AvgIpc) is 2.94. The fourth-order valence-corrected chi connectivity index (χ4v) is 1.70. The zero-order chi connectivity index (χ0) is 11.8. The third kappa shape index (κ3) is 1.35. The van der Waals surface area contributed by atoms with Crippen molar-refractivity contribution < 1.29 is 4.42 Å². The van der Waals surface area contributed by atoms with Crippen molar-refractivity contribution >= 4 is 16.8 Å². The summed E-state index contributed by atoms with van der Waals surface area (Å²) in [5.74, 6) is 0. The number of anilines is 1. The van der Waals surface area contributed by atoms with E-state index in [2.05, 4.69) is 11.1 Å². The van der Waals surface area contributed by atoms with E-state index >= 15 is 0 Å². The molecule has 0 aliphatic rings. The van der Waals surface area contributed by atoms with E-state index in [9.17, 15) is 0 Å². The molecule has 2 N–H and O–H groups in total. The van der Waals surface area contributed by atoms with E-state index < -0.39 is 0 Å². The van der Waals surface area contributed by atoms with E-state index in [1.807, 2.05) is 0 Å². The van der Waals surface area contributed by atoms with Gasteiger partial charge in [-0.1, -0.05) is 6.07 Å². The highest BCUT2D eigenvalue weighted by molar-refractivity contribution is 5.85. The molecule has 0 radical (unpaired) electrons. The lowest BCUT2D eigenvalue weighted by Gasteiger charge is -1.95. The highest BCUT2D eigenvalue weighted by Crippen LogP contribution is 2.23. The molecule has 1 aromatic carbocycles. The van der Waals surface area contributed by atoms with Gasteiger partial charge in [0.1, 0.15) is 17.3 Å². The van der Waals surface area contributed by atoms with Crippen LogP contribution in [0.1, 0.15) is 5.69 Å². The number of benzene rings is 1. The van der Waals surface area contributed by atoms with Gasteiger partial charge in [0, 0.05) is 6.20 Å². The van der Waals surface area contributed by atoms with E-state index in [-0.39, 0.29) is 0 Å². The number of nitrogens with zero attached hydrogens (tertiary/aromatic N) is 3. The summed E-state index contributed by atoms with van der Waals surface area (Å²) < 4.78 is 7.14. The monoisotopic (exact) mass is 224 g/mol. The number of hydrogen-bond donors (Lipinski definition) is 1. The zero-order valence-corrected chi connectivity index (χ0v) is 8.79. The first kappa shape index (κ1) is 9.48. The number of nitriles is 1. The third-order valence-corrected chi connectivity index (χ3v) is 2.51. The molecule has 3 aromatic rings. The Bertz CT molecular complexity index is 732. The molecule has 17 heavy (non-hydrogen) atoms. The third-order valence-electron chi connectivity index (χ3n) is 2.51. The van der Waals surface area contributed by atoms with Crippen LogP contribution < -0.4 is 5.73 Å². The number of oxazole rings is 1. The van der Waals surface area contributed by atoms with E-state index in [0.29, 0.717) is 28.5 Å². The van der Waals surface area contributed by atoms with Crippen molar-refractivity contribution in [1.82, 2.24) is 9.55 Å². The molecule has 5 heteroatoms. The van der Waals surface area contributed by atoms with E-state index in [1.165, 1.54) is 0 Å². The molecule has 0 spiro atoms. The van der Waals surface area contributed by atoms with Gasteiger partial charge in [0.05, 0.1) is 5.69 Å². The maximum absolute atomic E-state index is 8.93. The Kier molecular flexibility index (Phi) is 1.89. The SMILES string of the molecule is N#Cc1cccn1-c1nc2c(N)cccc2o1. The number of rotatable bonds is 1. The van der Waals surface area contributed by atoms with Gasteiger partial charge in [-0.2, -0.15) is 10.2 Å². The van der Waals surface area contributed by atoms with Crippen LogP contribution in [-0.2, 0) is 0 Å². The summed E-state index contributed by atoms with van der Waals surface area (Å²) in [7, 11) is 0. The van der Waals surface area contributed by atoms with Gasteiger partial charge in [-0.05, 0) is 24.3 Å². The van der Waals surface area contributed by atoms with Crippen LogP contribution in [0.4, 0.5) is 5.69 Å². The minimum Gasteiger partial charge on any atom is -0.423 e. The number of hydrogen-bond acceptors (Lipinski definition) is 4. The minimum absolute atomic E-state index is 0.347. The molecular formula is C12H8N4O. The lowest BCUT2D eigenvalue weighted by molar-refractivity contribution is 0.563. The molecule has 5 nitrogen and oxygen atoms in total. The number of para-hydroxylation sites is 1. The van der Waals surface area contributed by atoms with Crippen LogP contribution in [-0.4, -0.2) is 9.55 Å². The van der Waals surface area contributed by atoms with E-state index in [1.54, 1.807) is 41.1 Å². The molecular weight excluding hydrogens is 216 g/mol. The van der Waals surface area contributed by atoms with Gasteiger partial charge >= 0.3 is 6.01 Å².